The standard InChI is InChI=1S/H3NO7S2.2H3N/c2-1(9(3,4)5)10(6,7)8;;/h2H,(H,3,4,5)(H,6,7,8);2*1H3. The minimum atomic E-state index is -5.62. The highest BCUT2D eigenvalue weighted by Gasteiger charge is 2.14. The van der Waals surface area contributed by atoms with Crippen molar-refractivity contribution in [2.24, 2.45) is 0 Å². The molecule has 0 spiro atoms. The van der Waals surface area contributed by atoms with Gasteiger partial charge in [0.2, 0.25) is 0 Å². The quantitative estimate of drug-likeness (QED) is 0.368. The minimum Gasteiger partial charge on any atom is -0.733 e. The van der Waals surface area contributed by atoms with E-state index in [9.17, 15) is 25.9 Å². The van der Waals surface area contributed by atoms with Crippen LogP contribution in [-0.2, 0) is 20.6 Å². The molecule has 0 bridgehead atoms. The Kier molecular flexibility index (Phi) is 6.81. The molecule has 0 fully saturated rings. The lowest BCUT2D eigenvalue weighted by atomic mass is 13.5. The van der Waals surface area contributed by atoms with E-state index in [0.29, 0.717) is 0 Å². The fourth-order valence-corrected chi connectivity index (χ4v) is 1.01. The van der Waals surface area contributed by atoms with Crippen LogP contribution < -0.4 is 12.3 Å². The summed E-state index contributed by atoms with van der Waals surface area (Å²) in [4.78, 5) is 0. The van der Waals surface area contributed by atoms with Crippen molar-refractivity contribution < 1.29 is 31.1 Å². The molecule has 12 heavy (non-hydrogen) atoms. The summed E-state index contributed by atoms with van der Waals surface area (Å²) in [6, 6.07) is 0. The molecule has 0 heterocycles. The molecule has 9 N–H and O–H groups in total. The van der Waals surface area contributed by atoms with Crippen LogP contribution in [0.1, 0.15) is 0 Å². The Morgan fingerprint density at radius 3 is 1.08 bits per heavy atom. The normalized spacial score (nSPS) is 11.7. The third-order valence-corrected chi connectivity index (χ3v) is 2.24. The second-order valence-corrected chi connectivity index (χ2v) is 3.73. The van der Waals surface area contributed by atoms with Gasteiger partial charge < -0.3 is 21.4 Å². The molecule has 0 atom stereocenters. The van der Waals surface area contributed by atoms with Gasteiger partial charge in [0.25, 0.3) is 0 Å². The molecule has 0 aromatic heterocycles. The van der Waals surface area contributed by atoms with Crippen LogP contribution in [0.25, 0.3) is 0 Å². The molecule has 78 valence electrons. The Morgan fingerprint density at radius 2 is 1.08 bits per heavy atom. The maximum Gasteiger partial charge on any atom is 0.197 e. The van der Waals surface area contributed by atoms with E-state index in [0.717, 1.165) is 0 Å². The molecule has 0 saturated carbocycles. The van der Waals surface area contributed by atoms with Gasteiger partial charge in [-0.1, -0.05) is 0 Å². The molecule has 0 unspecified atom stereocenters. The third kappa shape index (κ3) is 5.33. The average Bonchev–Trinajstić information content (AvgIpc) is 1.59. The van der Waals surface area contributed by atoms with E-state index in [2.05, 4.69) is 0 Å². The van der Waals surface area contributed by atoms with Gasteiger partial charge in [0.15, 0.2) is 20.6 Å². The van der Waals surface area contributed by atoms with Crippen LogP contribution in [0.15, 0.2) is 0 Å². The molecule has 0 aliphatic rings. The van der Waals surface area contributed by atoms with E-state index in [4.69, 9.17) is 5.21 Å². The maximum absolute atomic E-state index is 9.52. The Hall–Kier alpha value is -0.340. The molecule has 0 aromatic carbocycles. The summed E-state index contributed by atoms with van der Waals surface area (Å²) >= 11 is 0. The molecule has 12 heteroatoms. The summed E-state index contributed by atoms with van der Waals surface area (Å²) in [5.74, 6) is 0. The van der Waals surface area contributed by atoms with Crippen molar-refractivity contribution >= 4 is 20.6 Å². The number of rotatable bonds is 2. The number of quaternary nitrogens is 2. The van der Waals surface area contributed by atoms with Gasteiger partial charge in [-0.15, -0.1) is 0 Å². The van der Waals surface area contributed by atoms with Gasteiger partial charge in [-0.3, -0.25) is 5.21 Å². The van der Waals surface area contributed by atoms with Crippen LogP contribution in [0.2, 0.25) is 0 Å². The lowest BCUT2D eigenvalue weighted by Gasteiger charge is -2.19. The number of nitrogens with zero attached hydrogens (tertiary/aromatic N) is 1. The van der Waals surface area contributed by atoms with Crippen molar-refractivity contribution in [1.82, 2.24) is 16.2 Å². The van der Waals surface area contributed by atoms with Gasteiger partial charge in [0.05, 0.1) is 0 Å². The highest BCUT2D eigenvalue weighted by atomic mass is 32.3. The zero-order chi connectivity index (χ0) is 8.58. The van der Waals surface area contributed by atoms with Crippen molar-refractivity contribution in [3.8, 4) is 0 Å². The average molecular weight is 227 g/mol. The number of hydrogen-bond acceptors (Lipinski definition) is 7. The molecule has 0 aliphatic carbocycles. The third-order valence-electron chi connectivity index (χ3n) is 0.383. The summed E-state index contributed by atoms with van der Waals surface area (Å²) in [7, 11) is -11.2. The lowest BCUT2D eigenvalue weighted by molar-refractivity contribution is 0.0689. The van der Waals surface area contributed by atoms with Crippen molar-refractivity contribution in [3.05, 3.63) is 0 Å². The summed E-state index contributed by atoms with van der Waals surface area (Å²) in [6.07, 6.45) is 0. The zero-order valence-corrected chi connectivity index (χ0v) is 7.79. The predicted molar refractivity (Wildman–Crippen MR) is 35.0 cm³/mol. The zero-order valence-electron chi connectivity index (χ0n) is 6.16. The second kappa shape index (κ2) is 4.63. The van der Waals surface area contributed by atoms with Crippen molar-refractivity contribution in [2.75, 3.05) is 0 Å². The van der Waals surface area contributed by atoms with Gasteiger partial charge in [0.1, 0.15) is 0 Å². The second-order valence-electron chi connectivity index (χ2n) is 1.09. The van der Waals surface area contributed by atoms with Crippen molar-refractivity contribution in [1.29, 1.82) is 0 Å². The van der Waals surface area contributed by atoms with Gasteiger partial charge in [-0.05, 0) is 0 Å². The molecular formula is H9N3O7S2. The first kappa shape index (κ1) is 17.7. The van der Waals surface area contributed by atoms with E-state index in [1.54, 1.807) is 0 Å². The molecular weight excluding hydrogens is 218 g/mol. The van der Waals surface area contributed by atoms with Crippen LogP contribution in [0.4, 0.5) is 0 Å². The highest BCUT2D eigenvalue weighted by molar-refractivity contribution is 7.98. The molecule has 0 radical (unpaired) electrons. The first-order valence-electron chi connectivity index (χ1n) is 1.57. The monoisotopic (exact) mass is 227 g/mol. The summed E-state index contributed by atoms with van der Waals surface area (Å²) in [6.45, 7) is 0. The molecule has 10 nitrogen and oxygen atoms in total. The fraction of sp³-hybridized carbons (Fsp3) is 0. The molecule has 0 aliphatic heterocycles. The molecule has 0 amide bonds. The van der Waals surface area contributed by atoms with E-state index in [1.165, 1.54) is 0 Å². The van der Waals surface area contributed by atoms with E-state index >= 15 is 0 Å². The predicted octanol–water partition coefficient (Wildman–Crippen LogP) is -1.65. The van der Waals surface area contributed by atoms with Gasteiger partial charge >= 0.3 is 0 Å². The topological polar surface area (TPSA) is 211 Å². The molecule has 0 aromatic rings. The van der Waals surface area contributed by atoms with Gasteiger partial charge in [0, 0.05) is 3.87 Å². The maximum atomic E-state index is 9.52. The first-order valence-corrected chi connectivity index (χ1v) is 4.30. The van der Waals surface area contributed by atoms with Crippen LogP contribution in [-0.4, -0.2) is 35.0 Å². The summed E-state index contributed by atoms with van der Waals surface area (Å²) in [5.41, 5.74) is 0. The van der Waals surface area contributed by atoms with Crippen LogP contribution in [0.3, 0.4) is 0 Å². The van der Waals surface area contributed by atoms with E-state index in [-0.39, 0.29) is 12.3 Å². The van der Waals surface area contributed by atoms with Crippen LogP contribution >= 0.6 is 0 Å². The summed E-state index contributed by atoms with van der Waals surface area (Å²) in [5, 5.41) is 7.75. The Morgan fingerprint density at radius 1 is 0.917 bits per heavy atom. The largest absolute Gasteiger partial charge is 0.733 e. The van der Waals surface area contributed by atoms with Crippen LogP contribution in [0.5, 0.6) is 0 Å². The van der Waals surface area contributed by atoms with Gasteiger partial charge in [-0.2, -0.15) is 0 Å². The Balaban J connectivity index is -0.000000405. The minimum absolute atomic E-state index is 0. The van der Waals surface area contributed by atoms with E-state index < -0.39 is 24.5 Å². The summed E-state index contributed by atoms with van der Waals surface area (Å²) < 4.78 is 55.3. The number of hydrogen-bond donors (Lipinski definition) is 3. The molecule has 0 rings (SSSR count). The Labute approximate surface area is 68.7 Å². The van der Waals surface area contributed by atoms with E-state index in [1.807, 2.05) is 0 Å². The highest BCUT2D eigenvalue weighted by Crippen LogP contribution is 1.96. The van der Waals surface area contributed by atoms with Gasteiger partial charge in [-0.25, -0.2) is 16.8 Å². The van der Waals surface area contributed by atoms with Crippen LogP contribution in [0, 0.1) is 0 Å². The van der Waals surface area contributed by atoms with Crippen molar-refractivity contribution in [2.45, 2.75) is 0 Å². The first-order chi connectivity index (χ1) is 4.15. The Bertz CT molecular complexity index is 266. The SMILES string of the molecule is O=S(=O)([O-])N(O)S(=O)(=O)[O-].[NH4+].[NH4+]. The molecule has 0 saturated heterocycles. The smallest absolute Gasteiger partial charge is 0.197 e. The lowest BCUT2D eigenvalue weighted by Crippen LogP contribution is -2.32. The van der Waals surface area contributed by atoms with Crippen molar-refractivity contribution in [3.63, 3.8) is 0 Å². The fourth-order valence-electron chi connectivity index (χ4n) is 0.112.